The van der Waals surface area contributed by atoms with Crippen LogP contribution in [0.5, 0.6) is 5.75 Å². The van der Waals surface area contributed by atoms with E-state index in [0.29, 0.717) is 0 Å². The third-order valence-electron chi connectivity index (χ3n) is 3.40. The highest BCUT2D eigenvalue weighted by Crippen LogP contribution is 2.13. The predicted molar refractivity (Wildman–Crippen MR) is 83.7 cm³/mol. The second-order valence-corrected chi connectivity index (χ2v) is 4.71. The van der Waals surface area contributed by atoms with Crippen LogP contribution in [0.3, 0.4) is 0 Å². The molecule has 0 saturated heterocycles. The molecule has 106 valence electrons. The fourth-order valence-corrected chi connectivity index (χ4v) is 2.04. The molecule has 0 spiro atoms. The molecule has 0 fully saturated rings. The van der Waals surface area contributed by atoms with Gasteiger partial charge >= 0.3 is 0 Å². The van der Waals surface area contributed by atoms with Gasteiger partial charge in [0.15, 0.2) is 0 Å². The number of benzene rings is 1. The van der Waals surface area contributed by atoms with Crippen molar-refractivity contribution in [2.75, 3.05) is 26.2 Å². The van der Waals surface area contributed by atoms with Gasteiger partial charge in [-0.1, -0.05) is 38.6 Å². The van der Waals surface area contributed by atoms with Gasteiger partial charge in [0.2, 0.25) is 0 Å². The minimum Gasteiger partial charge on any atom is -0.494 e. The first-order valence-corrected chi connectivity index (χ1v) is 7.37. The lowest BCUT2D eigenvalue weighted by Gasteiger charge is -2.17. The van der Waals surface area contributed by atoms with Gasteiger partial charge in [-0.2, -0.15) is 0 Å². The summed E-state index contributed by atoms with van der Waals surface area (Å²) in [4.78, 5) is 2.47. The van der Waals surface area contributed by atoms with Crippen LogP contribution in [-0.4, -0.2) is 31.1 Å². The minimum absolute atomic E-state index is 0.811. The number of rotatable bonds is 10. The molecule has 0 saturated carbocycles. The van der Waals surface area contributed by atoms with Crippen molar-refractivity contribution in [2.45, 2.75) is 33.1 Å². The van der Waals surface area contributed by atoms with Gasteiger partial charge in [-0.25, -0.2) is 0 Å². The molecule has 0 bridgehead atoms. The summed E-state index contributed by atoms with van der Waals surface area (Å²) in [6.07, 6.45) is 5.48. The predicted octanol–water partition coefficient (Wildman–Crippen LogP) is 4.22. The largest absolute Gasteiger partial charge is 0.494 e. The van der Waals surface area contributed by atoms with Crippen LogP contribution in [0.4, 0.5) is 0 Å². The zero-order chi connectivity index (χ0) is 13.9. The molecule has 0 atom stereocenters. The SMILES string of the molecule is C=Cc1ccc(OCCCCCN(CC)CC)cc1. The molecule has 0 amide bonds. The topological polar surface area (TPSA) is 12.5 Å². The monoisotopic (exact) mass is 261 g/mol. The normalized spacial score (nSPS) is 10.7. The molecule has 1 rings (SSSR count). The van der Waals surface area contributed by atoms with Crippen molar-refractivity contribution < 1.29 is 4.74 Å². The third kappa shape index (κ3) is 6.44. The maximum atomic E-state index is 5.72. The van der Waals surface area contributed by atoms with Crippen LogP contribution in [0.25, 0.3) is 6.08 Å². The van der Waals surface area contributed by atoms with E-state index in [1.54, 1.807) is 0 Å². The van der Waals surface area contributed by atoms with Crippen LogP contribution in [0, 0.1) is 0 Å². The average molecular weight is 261 g/mol. The second-order valence-electron chi connectivity index (χ2n) is 4.71. The van der Waals surface area contributed by atoms with E-state index < -0.39 is 0 Å². The minimum atomic E-state index is 0.811. The summed E-state index contributed by atoms with van der Waals surface area (Å²) >= 11 is 0. The molecule has 0 radical (unpaired) electrons. The zero-order valence-electron chi connectivity index (χ0n) is 12.4. The Morgan fingerprint density at radius 2 is 1.74 bits per heavy atom. The van der Waals surface area contributed by atoms with Crippen molar-refractivity contribution in [3.63, 3.8) is 0 Å². The molecule has 1 aromatic carbocycles. The van der Waals surface area contributed by atoms with E-state index in [1.165, 1.54) is 19.4 Å². The van der Waals surface area contributed by atoms with Crippen molar-refractivity contribution in [1.29, 1.82) is 0 Å². The van der Waals surface area contributed by atoms with Crippen molar-refractivity contribution in [3.8, 4) is 5.75 Å². The Morgan fingerprint density at radius 1 is 1.05 bits per heavy atom. The molecular weight excluding hydrogens is 234 g/mol. The van der Waals surface area contributed by atoms with Gasteiger partial charge in [0, 0.05) is 0 Å². The Bertz CT molecular complexity index is 341. The maximum Gasteiger partial charge on any atom is 0.119 e. The van der Waals surface area contributed by atoms with Crippen LogP contribution in [0.15, 0.2) is 30.8 Å². The molecule has 0 heterocycles. The number of hydrogen-bond acceptors (Lipinski definition) is 2. The molecule has 2 nitrogen and oxygen atoms in total. The molecule has 0 aliphatic heterocycles. The standard InChI is InChI=1S/C17H27NO/c1-4-16-10-12-17(13-11-16)19-15-9-7-8-14-18(5-2)6-3/h4,10-13H,1,5-9,14-15H2,2-3H3. The Balaban J connectivity index is 2.08. The summed E-state index contributed by atoms with van der Waals surface area (Å²) in [5.74, 6) is 0.953. The summed E-state index contributed by atoms with van der Waals surface area (Å²) in [7, 11) is 0. The summed E-state index contributed by atoms with van der Waals surface area (Å²) in [6.45, 7) is 12.5. The summed E-state index contributed by atoms with van der Waals surface area (Å²) in [6, 6.07) is 8.07. The summed E-state index contributed by atoms with van der Waals surface area (Å²) in [5.41, 5.74) is 1.13. The summed E-state index contributed by atoms with van der Waals surface area (Å²) < 4.78 is 5.72. The van der Waals surface area contributed by atoms with E-state index in [4.69, 9.17) is 4.74 Å². The Hall–Kier alpha value is -1.28. The smallest absolute Gasteiger partial charge is 0.119 e. The highest BCUT2D eigenvalue weighted by Gasteiger charge is 1.98. The quantitative estimate of drug-likeness (QED) is 0.585. The first-order valence-electron chi connectivity index (χ1n) is 7.37. The fraction of sp³-hybridized carbons (Fsp3) is 0.529. The van der Waals surface area contributed by atoms with Gasteiger partial charge in [-0.3, -0.25) is 0 Å². The average Bonchev–Trinajstić information content (AvgIpc) is 2.47. The first kappa shape index (κ1) is 15.8. The Labute approximate surface area is 118 Å². The maximum absolute atomic E-state index is 5.72. The second kappa shape index (κ2) is 9.62. The highest BCUT2D eigenvalue weighted by molar-refractivity contribution is 5.48. The number of hydrogen-bond donors (Lipinski definition) is 0. The lowest BCUT2D eigenvalue weighted by Crippen LogP contribution is -2.23. The van der Waals surface area contributed by atoms with Gasteiger partial charge in [0.05, 0.1) is 6.61 Å². The molecule has 0 aromatic heterocycles. The van der Waals surface area contributed by atoms with E-state index in [9.17, 15) is 0 Å². The lowest BCUT2D eigenvalue weighted by atomic mass is 10.2. The van der Waals surface area contributed by atoms with Gasteiger partial charge < -0.3 is 9.64 Å². The number of nitrogens with zero attached hydrogens (tertiary/aromatic N) is 1. The van der Waals surface area contributed by atoms with E-state index in [0.717, 1.165) is 37.4 Å². The lowest BCUT2D eigenvalue weighted by molar-refractivity contribution is 0.277. The van der Waals surface area contributed by atoms with Crippen LogP contribution in [0.1, 0.15) is 38.7 Å². The van der Waals surface area contributed by atoms with E-state index >= 15 is 0 Å². The van der Waals surface area contributed by atoms with Crippen LogP contribution < -0.4 is 4.74 Å². The number of unbranched alkanes of at least 4 members (excludes halogenated alkanes) is 2. The zero-order valence-corrected chi connectivity index (χ0v) is 12.4. The van der Waals surface area contributed by atoms with Crippen LogP contribution >= 0.6 is 0 Å². The molecule has 0 N–H and O–H groups in total. The van der Waals surface area contributed by atoms with Crippen molar-refractivity contribution in [2.24, 2.45) is 0 Å². The molecule has 1 aromatic rings. The van der Waals surface area contributed by atoms with E-state index in [2.05, 4.69) is 25.3 Å². The molecule has 0 unspecified atom stereocenters. The molecule has 2 heteroatoms. The van der Waals surface area contributed by atoms with Gasteiger partial charge in [-0.15, -0.1) is 0 Å². The molecular formula is C17H27NO. The molecule has 0 aliphatic rings. The van der Waals surface area contributed by atoms with Crippen molar-refractivity contribution in [1.82, 2.24) is 4.90 Å². The van der Waals surface area contributed by atoms with E-state index in [-0.39, 0.29) is 0 Å². The van der Waals surface area contributed by atoms with Gasteiger partial charge in [-0.05, 0) is 56.6 Å². The Kier molecular flexibility index (Phi) is 7.99. The Morgan fingerprint density at radius 3 is 2.32 bits per heavy atom. The van der Waals surface area contributed by atoms with E-state index in [1.807, 2.05) is 30.3 Å². The molecule has 19 heavy (non-hydrogen) atoms. The van der Waals surface area contributed by atoms with Crippen molar-refractivity contribution >= 4 is 6.08 Å². The van der Waals surface area contributed by atoms with Crippen LogP contribution in [0.2, 0.25) is 0 Å². The molecule has 0 aliphatic carbocycles. The fourth-order valence-electron chi connectivity index (χ4n) is 2.04. The third-order valence-corrected chi connectivity index (χ3v) is 3.40. The first-order chi connectivity index (χ1) is 9.30. The van der Waals surface area contributed by atoms with Gasteiger partial charge in [0.25, 0.3) is 0 Å². The van der Waals surface area contributed by atoms with Crippen LogP contribution in [-0.2, 0) is 0 Å². The van der Waals surface area contributed by atoms with Crippen molar-refractivity contribution in [3.05, 3.63) is 36.4 Å². The number of ether oxygens (including phenoxy) is 1. The summed E-state index contributed by atoms with van der Waals surface area (Å²) in [5, 5.41) is 0. The highest BCUT2D eigenvalue weighted by atomic mass is 16.5. The van der Waals surface area contributed by atoms with Gasteiger partial charge in [0.1, 0.15) is 5.75 Å².